The predicted octanol–water partition coefficient (Wildman–Crippen LogP) is 7.63. The van der Waals surface area contributed by atoms with E-state index >= 15 is 0 Å². The number of fused-ring (bicyclic) bond motifs is 1. The number of aliphatic carboxylic acids is 1. The molecule has 1 aliphatic heterocycles. The monoisotopic (exact) mass is 624 g/mol. The second-order valence-electron chi connectivity index (χ2n) is 9.40. The summed E-state index contributed by atoms with van der Waals surface area (Å²) in [5.74, 6) is -2.04. The zero-order chi connectivity index (χ0) is 29.7. The van der Waals surface area contributed by atoms with Gasteiger partial charge < -0.3 is 14.9 Å². The fourth-order valence-electron chi connectivity index (χ4n) is 4.67. The normalized spacial score (nSPS) is 15.6. The van der Waals surface area contributed by atoms with Crippen LogP contribution in [0.15, 0.2) is 71.6 Å². The van der Waals surface area contributed by atoms with Crippen LogP contribution in [0.1, 0.15) is 46.8 Å². The lowest BCUT2D eigenvalue weighted by molar-refractivity contribution is -0.137. The SMILES string of the molecule is O=C(O)CCCCN1C(=O)C(c2ccc(Cl)cc2)N(CCc2ccc(Cl)cc2)C(=O)c2cc(SC(F)(F)F)ccc21. The van der Waals surface area contributed by atoms with Crippen molar-refractivity contribution < 1.29 is 32.7 Å². The number of carbonyl (C=O) groups is 3. The van der Waals surface area contributed by atoms with Gasteiger partial charge in [-0.25, -0.2) is 0 Å². The highest BCUT2D eigenvalue weighted by Gasteiger charge is 2.41. The molecule has 1 heterocycles. The second-order valence-corrected chi connectivity index (χ2v) is 11.4. The summed E-state index contributed by atoms with van der Waals surface area (Å²) >= 11 is 11.7. The number of hydrogen-bond donors (Lipinski definition) is 1. The number of alkyl halides is 3. The highest BCUT2D eigenvalue weighted by Crippen LogP contribution is 2.41. The van der Waals surface area contributed by atoms with Crippen LogP contribution in [-0.2, 0) is 16.0 Å². The first-order chi connectivity index (χ1) is 19.4. The third-order valence-electron chi connectivity index (χ3n) is 6.56. The molecule has 3 aromatic rings. The number of rotatable bonds is 10. The van der Waals surface area contributed by atoms with Gasteiger partial charge >= 0.3 is 11.5 Å². The van der Waals surface area contributed by atoms with Crippen molar-refractivity contribution in [1.29, 1.82) is 0 Å². The second kappa shape index (κ2) is 13.2. The zero-order valence-corrected chi connectivity index (χ0v) is 23.9. The largest absolute Gasteiger partial charge is 0.481 e. The minimum absolute atomic E-state index is 0.0431. The lowest BCUT2D eigenvalue weighted by Gasteiger charge is -2.31. The summed E-state index contributed by atoms with van der Waals surface area (Å²) in [5, 5.41) is 10.0. The van der Waals surface area contributed by atoms with Crippen LogP contribution in [0.25, 0.3) is 0 Å². The van der Waals surface area contributed by atoms with Crippen molar-refractivity contribution in [1.82, 2.24) is 4.90 Å². The standard InChI is InChI=1S/C29H25Cl2F3N2O4S/c30-20-8-4-18(5-9-20)14-16-36-26(19-6-10-21(31)11-7-19)28(40)35(15-2-1-3-25(37)38)24-13-12-22(41-29(32,33)34)17-23(24)27(36)39/h4-13,17,26H,1-3,14-16H2,(H,37,38). The molecule has 1 unspecified atom stereocenters. The van der Waals surface area contributed by atoms with Crippen LogP contribution in [0.4, 0.5) is 18.9 Å². The quantitative estimate of drug-likeness (QED) is 0.185. The number of nitrogens with zero attached hydrogens (tertiary/aromatic N) is 2. The van der Waals surface area contributed by atoms with Gasteiger partial charge in [0.05, 0.1) is 11.3 Å². The van der Waals surface area contributed by atoms with Crippen LogP contribution < -0.4 is 4.90 Å². The highest BCUT2D eigenvalue weighted by atomic mass is 35.5. The van der Waals surface area contributed by atoms with Crippen molar-refractivity contribution in [3.63, 3.8) is 0 Å². The van der Waals surface area contributed by atoms with E-state index < -0.39 is 29.3 Å². The Morgan fingerprint density at radius 2 is 1.54 bits per heavy atom. The molecule has 2 amide bonds. The summed E-state index contributed by atoms with van der Waals surface area (Å²) in [6.07, 6.45) is 0.827. The Bertz CT molecular complexity index is 1420. The van der Waals surface area contributed by atoms with E-state index in [-0.39, 0.29) is 53.8 Å². The predicted molar refractivity (Wildman–Crippen MR) is 153 cm³/mol. The molecule has 3 aromatic carbocycles. The maximum absolute atomic E-state index is 14.2. The molecule has 0 spiro atoms. The van der Waals surface area contributed by atoms with Gasteiger partial charge in [-0.15, -0.1) is 0 Å². The van der Waals surface area contributed by atoms with Gasteiger partial charge in [-0.3, -0.25) is 14.4 Å². The Hall–Kier alpha value is -3.21. The Morgan fingerprint density at radius 3 is 2.15 bits per heavy atom. The van der Waals surface area contributed by atoms with Crippen LogP contribution in [0.5, 0.6) is 0 Å². The smallest absolute Gasteiger partial charge is 0.446 e. The van der Waals surface area contributed by atoms with E-state index in [0.29, 0.717) is 28.5 Å². The van der Waals surface area contributed by atoms with Gasteiger partial charge in [0.1, 0.15) is 6.04 Å². The van der Waals surface area contributed by atoms with E-state index in [2.05, 4.69) is 0 Å². The summed E-state index contributed by atoms with van der Waals surface area (Å²) in [6.45, 7) is 0.162. The molecule has 0 fully saturated rings. The Kier molecular flexibility index (Phi) is 9.88. The molecule has 4 rings (SSSR count). The molecule has 1 aliphatic rings. The molecule has 1 atom stereocenters. The molecular weight excluding hydrogens is 600 g/mol. The first kappa shape index (κ1) is 30.7. The van der Waals surface area contributed by atoms with Gasteiger partial charge in [0.2, 0.25) is 0 Å². The molecule has 216 valence electrons. The molecule has 1 N–H and O–H groups in total. The fraction of sp³-hybridized carbons (Fsp3) is 0.276. The Labute approximate surface area is 249 Å². The first-order valence-electron chi connectivity index (χ1n) is 12.7. The topological polar surface area (TPSA) is 77.9 Å². The average Bonchev–Trinajstić information content (AvgIpc) is 2.99. The Balaban J connectivity index is 1.79. The van der Waals surface area contributed by atoms with E-state index in [4.69, 9.17) is 28.3 Å². The number of carbonyl (C=O) groups excluding carboxylic acids is 2. The van der Waals surface area contributed by atoms with E-state index in [0.717, 1.165) is 11.6 Å². The number of thioether (sulfide) groups is 1. The van der Waals surface area contributed by atoms with Crippen molar-refractivity contribution in [2.45, 2.75) is 42.1 Å². The number of carboxylic acids is 1. The molecular formula is C29H25Cl2F3N2O4S. The van der Waals surface area contributed by atoms with Crippen LogP contribution in [0.3, 0.4) is 0 Å². The average molecular weight is 625 g/mol. The number of hydrogen-bond acceptors (Lipinski definition) is 4. The first-order valence-corrected chi connectivity index (χ1v) is 14.2. The minimum Gasteiger partial charge on any atom is -0.481 e. The maximum atomic E-state index is 14.2. The third-order valence-corrected chi connectivity index (χ3v) is 7.78. The van der Waals surface area contributed by atoms with Gasteiger partial charge in [-0.1, -0.05) is 47.5 Å². The molecule has 0 aromatic heterocycles. The van der Waals surface area contributed by atoms with Crippen molar-refractivity contribution in [2.24, 2.45) is 0 Å². The number of benzene rings is 3. The molecule has 0 saturated carbocycles. The summed E-state index contributed by atoms with van der Waals surface area (Å²) in [4.78, 5) is 41.9. The van der Waals surface area contributed by atoms with Gasteiger partial charge in [-0.05, 0) is 84.6 Å². The van der Waals surface area contributed by atoms with Crippen LogP contribution in [0, 0.1) is 0 Å². The van der Waals surface area contributed by atoms with E-state index in [1.165, 1.54) is 21.9 Å². The molecule has 0 radical (unpaired) electrons. The molecule has 6 nitrogen and oxygen atoms in total. The van der Waals surface area contributed by atoms with E-state index in [9.17, 15) is 27.6 Å². The van der Waals surface area contributed by atoms with Crippen molar-refractivity contribution in [2.75, 3.05) is 18.0 Å². The molecule has 12 heteroatoms. The number of unbranched alkanes of at least 4 members (excludes halogenated alkanes) is 1. The van der Waals surface area contributed by atoms with E-state index in [1.807, 2.05) is 0 Å². The number of amides is 2. The Morgan fingerprint density at radius 1 is 0.902 bits per heavy atom. The summed E-state index contributed by atoms with van der Waals surface area (Å²) in [5.41, 5.74) is -3.11. The lowest BCUT2D eigenvalue weighted by Crippen LogP contribution is -2.43. The van der Waals surface area contributed by atoms with Crippen LogP contribution in [-0.4, -0.2) is 46.4 Å². The summed E-state index contributed by atoms with van der Waals surface area (Å²) in [7, 11) is 0. The van der Waals surface area contributed by atoms with Gasteiger partial charge in [-0.2, -0.15) is 13.2 Å². The molecule has 0 saturated heterocycles. The van der Waals surface area contributed by atoms with E-state index in [1.54, 1.807) is 48.5 Å². The summed E-state index contributed by atoms with van der Waals surface area (Å²) in [6, 6.07) is 16.1. The van der Waals surface area contributed by atoms with Crippen molar-refractivity contribution in [3.8, 4) is 0 Å². The number of halogens is 5. The van der Waals surface area contributed by atoms with Crippen LogP contribution in [0.2, 0.25) is 10.0 Å². The molecule has 41 heavy (non-hydrogen) atoms. The van der Waals surface area contributed by atoms with Crippen molar-refractivity contribution >= 4 is 58.4 Å². The molecule has 0 bridgehead atoms. The van der Waals surface area contributed by atoms with Gasteiger partial charge in [0, 0.05) is 34.5 Å². The third kappa shape index (κ3) is 7.96. The maximum Gasteiger partial charge on any atom is 0.446 e. The lowest BCUT2D eigenvalue weighted by atomic mass is 10.0. The van der Waals surface area contributed by atoms with Gasteiger partial charge in [0.25, 0.3) is 11.8 Å². The summed E-state index contributed by atoms with van der Waals surface area (Å²) < 4.78 is 39.7. The number of anilines is 1. The fourth-order valence-corrected chi connectivity index (χ4v) is 5.50. The highest BCUT2D eigenvalue weighted by molar-refractivity contribution is 8.00. The zero-order valence-electron chi connectivity index (χ0n) is 21.5. The number of carboxylic acid groups (broad SMARTS) is 1. The van der Waals surface area contributed by atoms with Crippen LogP contribution >= 0.6 is 35.0 Å². The van der Waals surface area contributed by atoms with Gasteiger partial charge in [0.15, 0.2) is 0 Å². The van der Waals surface area contributed by atoms with Crippen molar-refractivity contribution in [3.05, 3.63) is 93.5 Å². The minimum atomic E-state index is -4.57. The molecule has 0 aliphatic carbocycles.